The minimum atomic E-state index is 0.319. The SMILES string of the molecule is COc1ccc(Br)c(CNC(C)c2ccccc2)c1. The van der Waals surface area contributed by atoms with Crippen LogP contribution in [0.5, 0.6) is 5.75 Å². The van der Waals surface area contributed by atoms with Crippen LogP contribution < -0.4 is 10.1 Å². The Morgan fingerprint density at radius 1 is 1.16 bits per heavy atom. The first kappa shape index (κ1) is 14.1. The van der Waals surface area contributed by atoms with Gasteiger partial charge in [0.2, 0.25) is 0 Å². The molecule has 0 amide bonds. The normalized spacial score (nSPS) is 12.2. The van der Waals surface area contributed by atoms with Crippen molar-refractivity contribution in [1.29, 1.82) is 0 Å². The summed E-state index contributed by atoms with van der Waals surface area (Å²) >= 11 is 3.57. The molecule has 1 atom stereocenters. The lowest BCUT2D eigenvalue weighted by Crippen LogP contribution is -2.18. The van der Waals surface area contributed by atoms with Crippen LogP contribution >= 0.6 is 15.9 Å². The summed E-state index contributed by atoms with van der Waals surface area (Å²) in [5.41, 5.74) is 2.49. The fraction of sp³-hybridized carbons (Fsp3) is 0.250. The van der Waals surface area contributed by atoms with Crippen molar-refractivity contribution in [2.75, 3.05) is 7.11 Å². The standard InChI is InChI=1S/C16H18BrNO/c1-12(13-6-4-3-5-7-13)18-11-14-10-15(19-2)8-9-16(14)17/h3-10,12,18H,11H2,1-2H3. The molecule has 0 aliphatic carbocycles. The molecule has 2 aromatic rings. The van der Waals surface area contributed by atoms with E-state index in [-0.39, 0.29) is 0 Å². The van der Waals surface area contributed by atoms with Crippen LogP contribution in [0.4, 0.5) is 0 Å². The Balaban J connectivity index is 2.02. The van der Waals surface area contributed by atoms with Crippen molar-refractivity contribution < 1.29 is 4.74 Å². The van der Waals surface area contributed by atoms with Crippen LogP contribution in [-0.2, 0) is 6.54 Å². The number of ether oxygens (including phenoxy) is 1. The number of nitrogens with one attached hydrogen (secondary N) is 1. The molecule has 0 saturated heterocycles. The average molecular weight is 320 g/mol. The molecule has 2 nitrogen and oxygen atoms in total. The van der Waals surface area contributed by atoms with E-state index in [0.717, 1.165) is 16.8 Å². The third kappa shape index (κ3) is 3.82. The molecule has 0 bridgehead atoms. The minimum absolute atomic E-state index is 0.319. The number of methoxy groups -OCH3 is 1. The van der Waals surface area contributed by atoms with Crippen LogP contribution in [0.3, 0.4) is 0 Å². The van der Waals surface area contributed by atoms with Crippen LogP contribution in [0.1, 0.15) is 24.1 Å². The molecule has 3 heteroatoms. The van der Waals surface area contributed by atoms with E-state index < -0.39 is 0 Å². The number of halogens is 1. The average Bonchev–Trinajstić information content (AvgIpc) is 2.47. The van der Waals surface area contributed by atoms with Gasteiger partial charge in [0.25, 0.3) is 0 Å². The van der Waals surface area contributed by atoms with E-state index in [1.165, 1.54) is 11.1 Å². The van der Waals surface area contributed by atoms with E-state index in [1.54, 1.807) is 7.11 Å². The van der Waals surface area contributed by atoms with Crippen molar-refractivity contribution in [2.45, 2.75) is 19.5 Å². The van der Waals surface area contributed by atoms with Gasteiger partial charge in [-0.05, 0) is 36.2 Å². The van der Waals surface area contributed by atoms with Crippen molar-refractivity contribution in [3.63, 3.8) is 0 Å². The van der Waals surface area contributed by atoms with Crippen molar-refractivity contribution in [2.24, 2.45) is 0 Å². The summed E-state index contributed by atoms with van der Waals surface area (Å²) in [6, 6.07) is 16.8. The number of hydrogen-bond donors (Lipinski definition) is 1. The third-order valence-corrected chi connectivity index (χ3v) is 3.92. The largest absolute Gasteiger partial charge is 0.497 e. The summed E-state index contributed by atoms with van der Waals surface area (Å²) in [6.45, 7) is 2.97. The molecule has 0 radical (unpaired) electrons. The zero-order chi connectivity index (χ0) is 13.7. The molecule has 0 aliphatic heterocycles. The van der Waals surface area contributed by atoms with E-state index in [2.05, 4.69) is 58.5 Å². The molecule has 1 unspecified atom stereocenters. The maximum atomic E-state index is 5.25. The van der Waals surface area contributed by atoms with Gasteiger partial charge in [-0.2, -0.15) is 0 Å². The molecule has 100 valence electrons. The molecule has 0 spiro atoms. The van der Waals surface area contributed by atoms with Gasteiger partial charge >= 0.3 is 0 Å². The van der Waals surface area contributed by atoms with Gasteiger partial charge in [0.1, 0.15) is 5.75 Å². The molecule has 0 heterocycles. The molecule has 19 heavy (non-hydrogen) atoms. The Hall–Kier alpha value is -1.32. The number of hydrogen-bond acceptors (Lipinski definition) is 2. The second-order valence-corrected chi connectivity index (χ2v) is 5.32. The summed E-state index contributed by atoms with van der Waals surface area (Å²) in [6.07, 6.45) is 0. The minimum Gasteiger partial charge on any atom is -0.497 e. The van der Waals surface area contributed by atoms with Gasteiger partial charge in [0.15, 0.2) is 0 Å². The first-order chi connectivity index (χ1) is 9.20. The fourth-order valence-electron chi connectivity index (χ4n) is 1.94. The highest BCUT2D eigenvalue weighted by Crippen LogP contribution is 2.23. The molecular weight excluding hydrogens is 302 g/mol. The lowest BCUT2D eigenvalue weighted by Gasteiger charge is -2.15. The lowest BCUT2D eigenvalue weighted by molar-refractivity contribution is 0.413. The summed E-state index contributed by atoms with van der Waals surface area (Å²) in [7, 11) is 1.69. The van der Waals surface area contributed by atoms with Crippen LogP contribution in [0, 0.1) is 0 Å². The quantitative estimate of drug-likeness (QED) is 0.886. The number of rotatable bonds is 5. The molecule has 0 saturated carbocycles. The first-order valence-electron chi connectivity index (χ1n) is 6.31. The Bertz CT molecular complexity index is 528. The predicted molar refractivity (Wildman–Crippen MR) is 82.4 cm³/mol. The van der Waals surface area contributed by atoms with Gasteiger partial charge < -0.3 is 10.1 Å². The van der Waals surface area contributed by atoms with Crippen molar-refractivity contribution >= 4 is 15.9 Å². The van der Waals surface area contributed by atoms with E-state index in [9.17, 15) is 0 Å². The molecule has 0 aromatic heterocycles. The zero-order valence-electron chi connectivity index (χ0n) is 11.2. The highest BCUT2D eigenvalue weighted by atomic mass is 79.9. The molecule has 0 fully saturated rings. The van der Waals surface area contributed by atoms with Crippen molar-refractivity contribution in [3.8, 4) is 5.75 Å². The van der Waals surface area contributed by atoms with Crippen LogP contribution in [0.2, 0.25) is 0 Å². The highest BCUT2D eigenvalue weighted by molar-refractivity contribution is 9.10. The number of benzene rings is 2. The van der Waals surface area contributed by atoms with Crippen molar-refractivity contribution in [1.82, 2.24) is 5.32 Å². The van der Waals surface area contributed by atoms with Gasteiger partial charge in [-0.15, -0.1) is 0 Å². The fourth-order valence-corrected chi connectivity index (χ4v) is 2.32. The Morgan fingerprint density at radius 3 is 2.58 bits per heavy atom. The molecule has 1 N–H and O–H groups in total. The third-order valence-electron chi connectivity index (χ3n) is 3.15. The summed E-state index contributed by atoms with van der Waals surface area (Å²) in [5.74, 6) is 0.882. The smallest absolute Gasteiger partial charge is 0.119 e. The summed E-state index contributed by atoms with van der Waals surface area (Å²) in [4.78, 5) is 0. The summed E-state index contributed by atoms with van der Waals surface area (Å²) < 4.78 is 6.35. The van der Waals surface area contributed by atoms with Crippen LogP contribution in [0.25, 0.3) is 0 Å². The van der Waals surface area contributed by atoms with Crippen LogP contribution in [0.15, 0.2) is 53.0 Å². The van der Waals surface area contributed by atoms with E-state index in [0.29, 0.717) is 6.04 Å². The van der Waals surface area contributed by atoms with Gasteiger partial charge in [0.05, 0.1) is 7.11 Å². The van der Waals surface area contributed by atoms with E-state index in [1.807, 2.05) is 18.2 Å². The topological polar surface area (TPSA) is 21.3 Å². The van der Waals surface area contributed by atoms with Gasteiger partial charge in [-0.3, -0.25) is 0 Å². The van der Waals surface area contributed by atoms with E-state index >= 15 is 0 Å². The Labute approximate surface area is 122 Å². The first-order valence-corrected chi connectivity index (χ1v) is 7.10. The van der Waals surface area contributed by atoms with Gasteiger partial charge in [-0.25, -0.2) is 0 Å². The van der Waals surface area contributed by atoms with Gasteiger partial charge in [-0.1, -0.05) is 46.3 Å². The maximum absolute atomic E-state index is 5.25. The molecular formula is C16H18BrNO. The second-order valence-electron chi connectivity index (χ2n) is 4.47. The molecule has 2 rings (SSSR count). The molecule has 2 aromatic carbocycles. The zero-order valence-corrected chi connectivity index (χ0v) is 12.8. The highest BCUT2D eigenvalue weighted by Gasteiger charge is 2.06. The van der Waals surface area contributed by atoms with Crippen LogP contribution in [-0.4, -0.2) is 7.11 Å². The monoisotopic (exact) mass is 319 g/mol. The maximum Gasteiger partial charge on any atom is 0.119 e. The molecule has 0 aliphatic rings. The Morgan fingerprint density at radius 2 is 1.89 bits per heavy atom. The second kappa shape index (κ2) is 6.73. The lowest BCUT2D eigenvalue weighted by atomic mass is 10.1. The van der Waals surface area contributed by atoms with Gasteiger partial charge in [0, 0.05) is 17.1 Å². The predicted octanol–water partition coefficient (Wildman–Crippen LogP) is 4.31. The van der Waals surface area contributed by atoms with E-state index in [4.69, 9.17) is 4.74 Å². The van der Waals surface area contributed by atoms with Crippen molar-refractivity contribution in [3.05, 3.63) is 64.1 Å². The summed E-state index contributed by atoms with van der Waals surface area (Å²) in [5, 5.41) is 3.52. The Kier molecular flexibility index (Phi) is 5.00.